The molecule has 1 aliphatic carbocycles. The monoisotopic (exact) mass is 319 g/mol. The first-order valence-electron chi connectivity index (χ1n) is 7.38. The highest BCUT2D eigenvalue weighted by molar-refractivity contribution is 6.30. The molecule has 0 aliphatic heterocycles. The highest BCUT2D eigenvalue weighted by Gasteiger charge is 2.43. The summed E-state index contributed by atoms with van der Waals surface area (Å²) in [5.41, 5.74) is 1.10. The van der Waals surface area contributed by atoms with Crippen LogP contribution in [0.25, 0.3) is 0 Å². The molecule has 1 aromatic rings. The molecule has 1 aromatic carbocycles. The Kier molecular flexibility index (Phi) is 5.55. The van der Waals surface area contributed by atoms with Crippen molar-refractivity contribution in [3.63, 3.8) is 0 Å². The molecule has 1 saturated carbocycles. The van der Waals surface area contributed by atoms with E-state index < -0.39 is 12.1 Å². The second-order valence-electron chi connectivity index (χ2n) is 5.89. The Bertz CT molecular complexity index is 444. The van der Waals surface area contributed by atoms with E-state index in [0.717, 1.165) is 18.4 Å². The van der Waals surface area contributed by atoms with E-state index in [2.05, 4.69) is 5.32 Å². The molecule has 0 radical (unpaired) electrons. The summed E-state index contributed by atoms with van der Waals surface area (Å²) in [5.74, 6) is -1.07. The predicted molar refractivity (Wildman–Crippen MR) is 79.5 cm³/mol. The first-order chi connectivity index (χ1) is 9.90. The Labute approximate surface area is 128 Å². The van der Waals surface area contributed by atoms with Gasteiger partial charge < -0.3 is 5.32 Å². The van der Waals surface area contributed by atoms with Crippen LogP contribution in [0, 0.1) is 11.8 Å². The average molecular weight is 320 g/mol. The maximum atomic E-state index is 12.9. The lowest BCUT2D eigenvalue weighted by Crippen LogP contribution is -2.40. The van der Waals surface area contributed by atoms with Crippen molar-refractivity contribution in [2.45, 2.75) is 44.3 Å². The molecule has 118 valence electrons. The molecule has 1 fully saturated rings. The van der Waals surface area contributed by atoms with Crippen LogP contribution in [0.5, 0.6) is 0 Å². The fraction of sp³-hybridized carbons (Fsp3) is 0.625. The summed E-state index contributed by atoms with van der Waals surface area (Å²) in [6, 6.07) is 7.61. The van der Waals surface area contributed by atoms with Gasteiger partial charge >= 0.3 is 6.18 Å². The van der Waals surface area contributed by atoms with Gasteiger partial charge in [-0.3, -0.25) is 0 Å². The maximum absolute atomic E-state index is 12.9. The van der Waals surface area contributed by atoms with E-state index in [1.165, 1.54) is 0 Å². The zero-order chi connectivity index (χ0) is 15.5. The third-order valence-electron chi connectivity index (χ3n) is 4.49. The zero-order valence-corrected chi connectivity index (χ0v) is 12.8. The Morgan fingerprint density at radius 2 is 1.90 bits per heavy atom. The van der Waals surface area contributed by atoms with Gasteiger partial charge in [0.05, 0.1) is 5.92 Å². The summed E-state index contributed by atoms with van der Waals surface area (Å²) in [4.78, 5) is 0. The lowest BCUT2D eigenvalue weighted by molar-refractivity contribution is -0.186. The fourth-order valence-corrected chi connectivity index (χ4v) is 3.40. The van der Waals surface area contributed by atoms with E-state index >= 15 is 0 Å². The van der Waals surface area contributed by atoms with Gasteiger partial charge in [0.15, 0.2) is 0 Å². The number of halogens is 4. The first kappa shape index (κ1) is 16.6. The molecule has 3 unspecified atom stereocenters. The molecule has 5 heteroatoms. The summed E-state index contributed by atoms with van der Waals surface area (Å²) < 4.78 is 38.8. The molecule has 21 heavy (non-hydrogen) atoms. The molecule has 3 atom stereocenters. The SMILES string of the molecule is CNC(Cc1ccc(Cl)cc1)C1CCCC(C(F)(F)F)C1. The molecule has 0 saturated heterocycles. The molecule has 0 spiro atoms. The van der Waals surface area contributed by atoms with Gasteiger partial charge in [-0.2, -0.15) is 13.2 Å². The third kappa shape index (κ3) is 4.62. The van der Waals surface area contributed by atoms with Crippen molar-refractivity contribution in [3.8, 4) is 0 Å². The van der Waals surface area contributed by atoms with E-state index in [0.29, 0.717) is 11.4 Å². The van der Waals surface area contributed by atoms with Crippen LogP contribution in [-0.4, -0.2) is 19.3 Å². The average Bonchev–Trinajstić information content (AvgIpc) is 2.46. The van der Waals surface area contributed by atoms with E-state index in [1.807, 2.05) is 31.3 Å². The second kappa shape index (κ2) is 7.01. The Hall–Kier alpha value is -0.740. The molecule has 0 aromatic heterocycles. The molecular weight excluding hydrogens is 299 g/mol. The van der Waals surface area contributed by atoms with Crippen LogP contribution in [0.3, 0.4) is 0 Å². The van der Waals surface area contributed by atoms with Gasteiger partial charge in [0, 0.05) is 11.1 Å². The van der Waals surface area contributed by atoms with Crippen molar-refractivity contribution in [2.75, 3.05) is 7.05 Å². The molecule has 0 bridgehead atoms. The number of benzene rings is 1. The van der Waals surface area contributed by atoms with Crippen LogP contribution in [0.4, 0.5) is 13.2 Å². The summed E-state index contributed by atoms with van der Waals surface area (Å²) in [5, 5.41) is 3.88. The van der Waals surface area contributed by atoms with Gasteiger partial charge in [-0.05, 0) is 56.3 Å². The van der Waals surface area contributed by atoms with E-state index in [4.69, 9.17) is 11.6 Å². The van der Waals surface area contributed by atoms with Crippen molar-refractivity contribution in [1.29, 1.82) is 0 Å². The fourth-order valence-electron chi connectivity index (χ4n) is 3.27. The van der Waals surface area contributed by atoms with Crippen LogP contribution in [0.1, 0.15) is 31.2 Å². The van der Waals surface area contributed by atoms with Gasteiger partial charge in [0.25, 0.3) is 0 Å². The summed E-state index contributed by atoms with van der Waals surface area (Å²) in [6.45, 7) is 0. The Morgan fingerprint density at radius 3 is 2.48 bits per heavy atom. The van der Waals surface area contributed by atoms with Crippen LogP contribution < -0.4 is 5.32 Å². The molecule has 1 N–H and O–H groups in total. The van der Waals surface area contributed by atoms with Gasteiger partial charge in [0.2, 0.25) is 0 Å². The summed E-state index contributed by atoms with van der Waals surface area (Å²) in [7, 11) is 1.83. The van der Waals surface area contributed by atoms with Crippen molar-refractivity contribution < 1.29 is 13.2 Å². The number of hydrogen-bond donors (Lipinski definition) is 1. The van der Waals surface area contributed by atoms with Crippen LogP contribution in [-0.2, 0) is 6.42 Å². The van der Waals surface area contributed by atoms with Crippen LogP contribution in [0.15, 0.2) is 24.3 Å². The Morgan fingerprint density at radius 1 is 1.24 bits per heavy atom. The van der Waals surface area contributed by atoms with Crippen molar-refractivity contribution in [2.24, 2.45) is 11.8 Å². The number of likely N-dealkylation sites (N-methyl/N-ethyl adjacent to an activating group) is 1. The minimum absolute atomic E-state index is 0.0750. The molecule has 2 rings (SSSR count). The number of rotatable bonds is 4. The van der Waals surface area contributed by atoms with Crippen molar-refractivity contribution >= 4 is 11.6 Å². The number of hydrogen-bond acceptors (Lipinski definition) is 1. The number of nitrogens with one attached hydrogen (secondary N) is 1. The third-order valence-corrected chi connectivity index (χ3v) is 4.74. The molecule has 1 aliphatic rings. The number of alkyl halides is 3. The van der Waals surface area contributed by atoms with E-state index in [1.54, 1.807) is 0 Å². The predicted octanol–water partition coefficient (Wildman–Crippen LogP) is 4.84. The van der Waals surface area contributed by atoms with Crippen molar-refractivity contribution in [3.05, 3.63) is 34.9 Å². The van der Waals surface area contributed by atoms with Gasteiger partial charge in [-0.15, -0.1) is 0 Å². The highest BCUT2D eigenvalue weighted by Crippen LogP contribution is 2.41. The summed E-state index contributed by atoms with van der Waals surface area (Å²) >= 11 is 5.86. The topological polar surface area (TPSA) is 12.0 Å². The quantitative estimate of drug-likeness (QED) is 0.837. The van der Waals surface area contributed by atoms with Gasteiger partial charge in [-0.1, -0.05) is 30.2 Å². The largest absolute Gasteiger partial charge is 0.391 e. The van der Waals surface area contributed by atoms with Gasteiger partial charge in [0.1, 0.15) is 0 Å². The smallest absolute Gasteiger partial charge is 0.316 e. The zero-order valence-electron chi connectivity index (χ0n) is 12.1. The molecular formula is C16H21ClF3N. The molecule has 1 nitrogen and oxygen atoms in total. The first-order valence-corrected chi connectivity index (χ1v) is 7.76. The summed E-state index contributed by atoms with van der Waals surface area (Å²) in [6.07, 6.45) is -1.28. The van der Waals surface area contributed by atoms with E-state index in [-0.39, 0.29) is 24.8 Å². The van der Waals surface area contributed by atoms with Gasteiger partial charge in [-0.25, -0.2) is 0 Å². The molecule has 0 amide bonds. The second-order valence-corrected chi connectivity index (χ2v) is 6.33. The lowest BCUT2D eigenvalue weighted by Gasteiger charge is -2.35. The maximum Gasteiger partial charge on any atom is 0.391 e. The molecule has 0 heterocycles. The van der Waals surface area contributed by atoms with Crippen LogP contribution in [0.2, 0.25) is 5.02 Å². The lowest BCUT2D eigenvalue weighted by atomic mass is 9.76. The minimum Gasteiger partial charge on any atom is -0.316 e. The normalized spacial score (nSPS) is 24.8. The Balaban J connectivity index is 2.01. The van der Waals surface area contributed by atoms with Crippen LogP contribution >= 0.6 is 11.6 Å². The highest BCUT2D eigenvalue weighted by atomic mass is 35.5. The minimum atomic E-state index is -4.06. The van der Waals surface area contributed by atoms with E-state index in [9.17, 15) is 13.2 Å². The standard InChI is InChI=1S/C16H21ClF3N/c1-21-15(9-11-5-7-14(17)8-6-11)12-3-2-4-13(10-12)16(18,19)20/h5-8,12-13,15,21H,2-4,9-10H2,1H3. The van der Waals surface area contributed by atoms with Crippen molar-refractivity contribution in [1.82, 2.24) is 5.32 Å².